The quantitative estimate of drug-likeness (QED) is 0.900. The fourth-order valence-electron chi connectivity index (χ4n) is 2.90. The first-order chi connectivity index (χ1) is 10.1. The van der Waals surface area contributed by atoms with Gasteiger partial charge >= 0.3 is 0 Å². The van der Waals surface area contributed by atoms with Crippen molar-refractivity contribution >= 4 is 0 Å². The van der Waals surface area contributed by atoms with Crippen molar-refractivity contribution in [3.63, 3.8) is 0 Å². The molecular weight excluding hydrogens is 272 g/mol. The second-order valence-electron chi connectivity index (χ2n) is 5.30. The van der Waals surface area contributed by atoms with Gasteiger partial charge < -0.3 is 19.5 Å². The number of ether oxygens (including phenoxy) is 1. The van der Waals surface area contributed by atoms with Gasteiger partial charge in [0.15, 0.2) is 0 Å². The molecule has 2 aromatic rings. The summed E-state index contributed by atoms with van der Waals surface area (Å²) in [5.74, 6) is 0.706. The highest BCUT2D eigenvalue weighted by Gasteiger charge is 2.40. The van der Waals surface area contributed by atoms with E-state index in [9.17, 15) is 10.2 Å². The summed E-state index contributed by atoms with van der Waals surface area (Å²) >= 11 is 0. The lowest BCUT2D eigenvalue weighted by Gasteiger charge is -2.24. The van der Waals surface area contributed by atoms with Crippen molar-refractivity contribution in [2.24, 2.45) is 0 Å². The van der Waals surface area contributed by atoms with Gasteiger partial charge in [-0.1, -0.05) is 5.16 Å². The van der Waals surface area contributed by atoms with E-state index in [1.165, 1.54) is 18.2 Å². The zero-order valence-electron chi connectivity index (χ0n) is 11.9. The van der Waals surface area contributed by atoms with E-state index in [0.717, 1.165) is 25.7 Å². The zero-order valence-corrected chi connectivity index (χ0v) is 11.9. The van der Waals surface area contributed by atoms with Crippen LogP contribution in [0.2, 0.25) is 0 Å². The molecule has 1 heterocycles. The maximum absolute atomic E-state index is 9.53. The van der Waals surface area contributed by atoms with Crippen LogP contribution in [0.15, 0.2) is 22.7 Å². The molecule has 0 aliphatic heterocycles. The number of rotatable bonds is 4. The van der Waals surface area contributed by atoms with Crippen LogP contribution in [-0.4, -0.2) is 27.0 Å². The van der Waals surface area contributed by atoms with Gasteiger partial charge in [-0.25, -0.2) is 0 Å². The maximum atomic E-state index is 9.53. The van der Waals surface area contributed by atoms with E-state index in [2.05, 4.69) is 10.1 Å². The molecule has 3 rings (SSSR count). The molecule has 1 saturated carbocycles. The third-order valence-electron chi connectivity index (χ3n) is 3.81. The third kappa shape index (κ3) is 2.58. The lowest BCUT2D eigenvalue weighted by atomic mass is 10.0. The van der Waals surface area contributed by atoms with Crippen molar-refractivity contribution in [1.29, 1.82) is 0 Å². The molecule has 0 atom stereocenters. The van der Waals surface area contributed by atoms with Crippen LogP contribution in [0, 0.1) is 0 Å². The normalized spacial score (nSPS) is 17.2. The molecule has 0 saturated heterocycles. The highest BCUT2D eigenvalue weighted by molar-refractivity contribution is 5.58. The molecule has 112 valence electrons. The van der Waals surface area contributed by atoms with E-state index >= 15 is 0 Å². The van der Waals surface area contributed by atoms with E-state index in [1.807, 2.05) is 6.92 Å². The van der Waals surface area contributed by atoms with Gasteiger partial charge in [0.1, 0.15) is 17.1 Å². The van der Waals surface area contributed by atoms with Crippen molar-refractivity contribution in [1.82, 2.24) is 10.1 Å². The van der Waals surface area contributed by atoms with Crippen molar-refractivity contribution in [2.75, 3.05) is 6.61 Å². The standard InChI is InChI=1S/C15H18N2O4/c1-2-20-15(5-3-4-6-15)14-16-13(21-17-14)10-7-11(18)9-12(19)8-10/h7-9,18-19H,2-6H2,1H3. The third-order valence-corrected chi connectivity index (χ3v) is 3.81. The summed E-state index contributed by atoms with van der Waals surface area (Å²) in [7, 11) is 0. The number of aromatic hydroxyl groups is 2. The number of hydrogen-bond acceptors (Lipinski definition) is 6. The summed E-state index contributed by atoms with van der Waals surface area (Å²) in [5.41, 5.74) is 0.0194. The summed E-state index contributed by atoms with van der Waals surface area (Å²) in [5, 5.41) is 23.1. The Bertz CT molecular complexity index is 612. The summed E-state index contributed by atoms with van der Waals surface area (Å²) in [6, 6.07) is 4.19. The van der Waals surface area contributed by atoms with Crippen molar-refractivity contribution in [2.45, 2.75) is 38.2 Å². The Morgan fingerprint density at radius 3 is 2.48 bits per heavy atom. The topological polar surface area (TPSA) is 88.6 Å². The number of phenols is 2. The number of nitrogens with zero attached hydrogens (tertiary/aromatic N) is 2. The predicted molar refractivity (Wildman–Crippen MR) is 74.8 cm³/mol. The van der Waals surface area contributed by atoms with Gasteiger partial charge in [0.05, 0.1) is 0 Å². The Balaban J connectivity index is 1.95. The van der Waals surface area contributed by atoms with Crippen LogP contribution in [-0.2, 0) is 10.3 Å². The van der Waals surface area contributed by atoms with E-state index in [-0.39, 0.29) is 17.4 Å². The predicted octanol–water partition coefficient (Wildman–Crippen LogP) is 2.95. The van der Waals surface area contributed by atoms with Crippen LogP contribution in [0.25, 0.3) is 11.5 Å². The first-order valence-electron chi connectivity index (χ1n) is 7.14. The van der Waals surface area contributed by atoms with Crippen LogP contribution >= 0.6 is 0 Å². The molecule has 1 aromatic carbocycles. The van der Waals surface area contributed by atoms with E-state index < -0.39 is 5.60 Å². The Kier molecular flexibility index (Phi) is 3.55. The molecule has 0 spiro atoms. The minimum absolute atomic E-state index is 0.0508. The SMILES string of the molecule is CCOC1(c2noc(-c3cc(O)cc(O)c3)n2)CCCC1. The molecule has 0 unspecified atom stereocenters. The largest absolute Gasteiger partial charge is 0.508 e. The molecule has 6 nitrogen and oxygen atoms in total. The minimum atomic E-state index is -0.463. The zero-order chi connectivity index (χ0) is 14.9. The van der Waals surface area contributed by atoms with Crippen LogP contribution in [0.4, 0.5) is 0 Å². The van der Waals surface area contributed by atoms with Crippen LogP contribution < -0.4 is 0 Å². The van der Waals surface area contributed by atoms with Gasteiger partial charge in [-0.15, -0.1) is 0 Å². The molecule has 1 aliphatic carbocycles. The molecule has 21 heavy (non-hydrogen) atoms. The van der Waals surface area contributed by atoms with Gasteiger partial charge in [-0.2, -0.15) is 4.98 Å². The molecule has 1 aromatic heterocycles. The first kappa shape index (κ1) is 13.9. The van der Waals surface area contributed by atoms with Crippen LogP contribution in [0.5, 0.6) is 11.5 Å². The Labute approximate surface area is 122 Å². The van der Waals surface area contributed by atoms with Gasteiger partial charge in [0.2, 0.25) is 5.82 Å². The molecule has 1 fully saturated rings. The number of hydrogen-bond donors (Lipinski definition) is 2. The second kappa shape index (κ2) is 5.37. The molecular formula is C15H18N2O4. The number of benzene rings is 1. The van der Waals surface area contributed by atoms with Crippen LogP contribution in [0.3, 0.4) is 0 Å². The number of phenolic OH excluding ortho intramolecular Hbond substituents is 2. The highest BCUT2D eigenvalue weighted by Crippen LogP contribution is 2.41. The summed E-state index contributed by atoms with van der Waals surface area (Å²) in [4.78, 5) is 4.41. The fourth-order valence-corrected chi connectivity index (χ4v) is 2.90. The van der Waals surface area contributed by atoms with Gasteiger partial charge in [-0.05, 0) is 44.7 Å². The van der Waals surface area contributed by atoms with Gasteiger partial charge in [-0.3, -0.25) is 0 Å². The molecule has 0 bridgehead atoms. The van der Waals surface area contributed by atoms with Gasteiger partial charge in [0, 0.05) is 18.2 Å². The molecule has 0 radical (unpaired) electrons. The minimum Gasteiger partial charge on any atom is -0.508 e. The smallest absolute Gasteiger partial charge is 0.258 e. The molecule has 6 heteroatoms. The maximum Gasteiger partial charge on any atom is 0.258 e. The fraction of sp³-hybridized carbons (Fsp3) is 0.467. The molecule has 0 amide bonds. The van der Waals surface area contributed by atoms with Gasteiger partial charge in [0.25, 0.3) is 5.89 Å². The molecule has 2 N–H and O–H groups in total. The summed E-state index contributed by atoms with van der Waals surface area (Å²) in [6.07, 6.45) is 3.92. The van der Waals surface area contributed by atoms with E-state index in [4.69, 9.17) is 9.26 Å². The highest BCUT2D eigenvalue weighted by atomic mass is 16.5. The van der Waals surface area contributed by atoms with E-state index in [0.29, 0.717) is 18.0 Å². The molecule has 1 aliphatic rings. The van der Waals surface area contributed by atoms with Crippen LogP contribution in [0.1, 0.15) is 38.4 Å². The lowest BCUT2D eigenvalue weighted by Crippen LogP contribution is -2.27. The van der Waals surface area contributed by atoms with Crippen molar-refractivity contribution in [3.05, 3.63) is 24.0 Å². The van der Waals surface area contributed by atoms with Crippen molar-refractivity contribution in [3.8, 4) is 23.0 Å². The summed E-state index contributed by atoms with van der Waals surface area (Å²) in [6.45, 7) is 2.55. The second-order valence-corrected chi connectivity index (χ2v) is 5.30. The Hall–Kier alpha value is -2.08. The van der Waals surface area contributed by atoms with E-state index in [1.54, 1.807) is 0 Å². The summed E-state index contributed by atoms with van der Waals surface area (Å²) < 4.78 is 11.2. The number of aromatic nitrogens is 2. The average molecular weight is 290 g/mol. The first-order valence-corrected chi connectivity index (χ1v) is 7.14. The lowest BCUT2D eigenvalue weighted by molar-refractivity contribution is -0.0469. The monoisotopic (exact) mass is 290 g/mol. The Morgan fingerprint density at radius 1 is 1.19 bits per heavy atom. The Morgan fingerprint density at radius 2 is 1.86 bits per heavy atom. The average Bonchev–Trinajstić information content (AvgIpc) is 3.07. The van der Waals surface area contributed by atoms with Crippen molar-refractivity contribution < 1.29 is 19.5 Å².